The van der Waals surface area contributed by atoms with E-state index in [1.165, 1.54) is 6.42 Å². The van der Waals surface area contributed by atoms with E-state index in [2.05, 4.69) is 35.3 Å². The first-order chi connectivity index (χ1) is 8.00. The van der Waals surface area contributed by atoms with E-state index in [1.807, 2.05) is 13.8 Å². The third kappa shape index (κ3) is 4.27. The zero-order chi connectivity index (χ0) is 12.9. The van der Waals surface area contributed by atoms with Crippen LogP contribution in [0.5, 0.6) is 0 Å². The highest BCUT2D eigenvalue weighted by molar-refractivity contribution is 5.04. The molecule has 4 heteroatoms. The van der Waals surface area contributed by atoms with E-state index in [4.69, 9.17) is 0 Å². The van der Waals surface area contributed by atoms with Gasteiger partial charge in [0.2, 0.25) is 0 Å². The third-order valence-corrected chi connectivity index (χ3v) is 3.72. The van der Waals surface area contributed by atoms with Crippen molar-refractivity contribution in [2.24, 2.45) is 0 Å². The lowest BCUT2D eigenvalue weighted by Gasteiger charge is -2.26. The number of nitriles is 1. The molecule has 1 rings (SSSR count). The van der Waals surface area contributed by atoms with Crippen LogP contribution >= 0.6 is 0 Å². The van der Waals surface area contributed by atoms with Gasteiger partial charge >= 0.3 is 0 Å². The average Bonchev–Trinajstić information content (AvgIpc) is 2.76. The first-order valence-electron chi connectivity index (χ1n) is 6.56. The van der Waals surface area contributed by atoms with Gasteiger partial charge in [-0.3, -0.25) is 5.32 Å². The molecule has 0 amide bonds. The summed E-state index contributed by atoms with van der Waals surface area (Å²) in [4.78, 5) is 4.77. The van der Waals surface area contributed by atoms with Crippen molar-refractivity contribution < 1.29 is 0 Å². The van der Waals surface area contributed by atoms with Crippen molar-refractivity contribution in [2.75, 3.05) is 40.3 Å². The molecule has 2 atom stereocenters. The Kier molecular flexibility index (Phi) is 5.38. The minimum atomic E-state index is -0.370. The summed E-state index contributed by atoms with van der Waals surface area (Å²) in [6.07, 6.45) is 2.15. The summed E-state index contributed by atoms with van der Waals surface area (Å²) in [6.45, 7) is 8.21. The van der Waals surface area contributed by atoms with Crippen LogP contribution < -0.4 is 5.32 Å². The van der Waals surface area contributed by atoms with Gasteiger partial charge in [-0.1, -0.05) is 6.92 Å². The molecule has 1 saturated heterocycles. The summed E-state index contributed by atoms with van der Waals surface area (Å²) in [5, 5.41) is 12.5. The van der Waals surface area contributed by atoms with Crippen molar-refractivity contribution in [3.63, 3.8) is 0 Å². The molecule has 1 heterocycles. The lowest BCUT2D eigenvalue weighted by molar-refractivity contribution is 0.252. The Labute approximate surface area is 106 Å². The minimum Gasteiger partial charge on any atom is -0.305 e. The Balaban J connectivity index is 2.34. The Bertz CT molecular complexity index is 271. The van der Waals surface area contributed by atoms with Crippen LogP contribution in [-0.2, 0) is 0 Å². The molecule has 1 aliphatic rings. The molecule has 0 aromatic rings. The van der Waals surface area contributed by atoms with E-state index < -0.39 is 0 Å². The fourth-order valence-electron chi connectivity index (χ4n) is 2.39. The van der Waals surface area contributed by atoms with E-state index >= 15 is 0 Å². The van der Waals surface area contributed by atoms with E-state index in [0.717, 1.165) is 32.6 Å². The molecule has 4 nitrogen and oxygen atoms in total. The Morgan fingerprint density at radius 2 is 2.24 bits per heavy atom. The number of hydrogen-bond acceptors (Lipinski definition) is 4. The smallest absolute Gasteiger partial charge is 0.105 e. The van der Waals surface area contributed by atoms with Gasteiger partial charge in [-0.15, -0.1) is 0 Å². The highest BCUT2D eigenvalue weighted by Crippen LogP contribution is 2.16. The lowest BCUT2D eigenvalue weighted by atomic mass is 9.99. The van der Waals surface area contributed by atoms with Crippen molar-refractivity contribution >= 4 is 0 Å². The fourth-order valence-corrected chi connectivity index (χ4v) is 2.39. The zero-order valence-electron chi connectivity index (χ0n) is 11.7. The standard InChI is InChI=1S/C13H26N4/c1-5-15-13(2,11-14)7-9-17-8-6-12(10-17)16(3)4/h12,15H,5-10H2,1-4H3. The quantitative estimate of drug-likeness (QED) is 0.747. The molecule has 2 unspecified atom stereocenters. The van der Waals surface area contributed by atoms with Gasteiger partial charge in [-0.05, 0) is 47.0 Å². The highest BCUT2D eigenvalue weighted by Gasteiger charge is 2.27. The predicted octanol–water partition coefficient (Wildman–Crippen LogP) is 0.904. The van der Waals surface area contributed by atoms with Crippen LogP contribution in [0.3, 0.4) is 0 Å². The maximum Gasteiger partial charge on any atom is 0.105 e. The summed E-state index contributed by atoms with van der Waals surface area (Å²) >= 11 is 0. The largest absolute Gasteiger partial charge is 0.305 e. The molecule has 1 fully saturated rings. The summed E-state index contributed by atoms with van der Waals surface area (Å²) in [7, 11) is 4.29. The van der Waals surface area contributed by atoms with Gasteiger partial charge in [0.1, 0.15) is 5.54 Å². The summed E-state index contributed by atoms with van der Waals surface area (Å²) in [5.74, 6) is 0. The van der Waals surface area contributed by atoms with E-state index in [-0.39, 0.29) is 5.54 Å². The van der Waals surface area contributed by atoms with Crippen LogP contribution in [-0.4, -0.2) is 61.7 Å². The number of nitrogens with zero attached hydrogens (tertiary/aromatic N) is 3. The molecular weight excluding hydrogens is 212 g/mol. The lowest BCUT2D eigenvalue weighted by Crippen LogP contribution is -2.43. The van der Waals surface area contributed by atoms with Crippen molar-refractivity contribution in [1.82, 2.24) is 15.1 Å². The van der Waals surface area contributed by atoms with Gasteiger partial charge < -0.3 is 9.80 Å². The second kappa shape index (κ2) is 6.34. The van der Waals surface area contributed by atoms with Crippen molar-refractivity contribution in [3.8, 4) is 6.07 Å². The molecule has 17 heavy (non-hydrogen) atoms. The van der Waals surface area contributed by atoms with Crippen molar-refractivity contribution in [3.05, 3.63) is 0 Å². The highest BCUT2D eigenvalue weighted by atomic mass is 15.2. The number of likely N-dealkylation sites (tertiary alicyclic amines) is 1. The topological polar surface area (TPSA) is 42.3 Å². The van der Waals surface area contributed by atoms with Gasteiger partial charge in [0.15, 0.2) is 0 Å². The summed E-state index contributed by atoms with van der Waals surface area (Å²) in [5.41, 5.74) is -0.370. The van der Waals surface area contributed by atoms with E-state index in [0.29, 0.717) is 6.04 Å². The van der Waals surface area contributed by atoms with E-state index in [9.17, 15) is 5.26 Å². The molecule has 0 aliphatic carbocycles. The van der Waals surface area contributed by atoms with Gasteiger partial charge in [0.05, 0.1) is 6.07 Å². The number of rotatable bonds is 6. The van der Waals surface area contributed by atoms with Crippen LogP contribution in [0.4, 0.5) is 0 Å². The van der Waals surface area contributed by atoms with Crippen LogP contribution in [0.15, 0.2) is 0 Å². The van der Waals surface area contributed by atoms with Gasteiger partial charge in [-0.2, -0.15) is 5.26 Å². The molecule has 0 saturated carbocycles. The Morgan fingerprint density at radius 1 is 1.53 bits per heavy atom. The number of hydrogen-bond donors (Lipinski definition) is 1. The Morgan fingerprint density at radius 3 is 2.71 bits per heavy atom. The van der Waals surface area contributed by atoms with Crippen LogP contribution in [0, 0.1) is 11.3 Å². The average molecular weight is 238 g/mol. The molecule has 0 bridgehead atoms. The summed E-state index contributed by atoms with van der Waals surface area (Å²) < 4.78 is 0. The predicted molar refractivity (Wildman–Crippen MR) is 70.8 cm³/mol. The van der Waals surface area contributed by atoms with Crippen LogP contribution in [0.2, 0.25) is 0 Å². The maximum absolute atomic E-state index is 9.19. The van der Waals surface area contributed by atoms with Crippen molar-refractivity contribution in [1.29, 1.82) is 5.26 Å². The second-order valence-electron chi connectivity index (χ2n) is 5.43. The first kappa shape index (κ1) is 14.4. The zero-order valence-corrected chi connectivity index (χ0v) is 11.7. The number of nitrogens with one attached hydrogen (secondary N) is 1. The molecule has 0 aromatic carbocycles. The maximum atomic E-state index is 9.19. The SMILES string of the molecule is CCNC(C)(C#N)CCN1CCC(N(C)C)C1. The first-order valence-corrected chi connectivity index (χ1v) is 6.56. The fraction of sp³-hybridized carbons (Fsp3) is 0.923. The summed E-state index contributed by atoms with van der Waals surface area (Å²) in [6, 6.07) is 3.07. The molecule has 0 aromatic heterocycles. The molecular formula is C13H26N4. The Hall–Kier alpha value is -0.630. The van der Waals surface area contributed by atoms with Gasteiger partial charge in [0, 0.05) is 19.1 Å². The van der Waals surface area contributed by atoms with Gasteiger partial charge in [-0.25, -0.2) is 0 Å². The van der Waals surface area contributed by atoms with E-state index in [1.54, 1.807) is 0 Å². The number of likely N-dealkylation sites (N-methyl/N-ethyl adjacent to an activating group) is 1. The normalized spacial score (nSPS) is 24.8. The third-order valence-electron chi connectivity index (χ3n) is 3.72. The molecule has 0 radical (unpaired) electrons. The molecule has 98 valence electrons. The molecule has 1 aliphatic heterocycles. The molecule has 0 spiro atoms. The molecule has 1 N–H and O–H groups in total. The monoisotopic (exact) mass is 238 g/mol. The van der Waals surface area contributed by atoms with Gasteiger partial charge in [0.25, 0.3) is 0 Å². The van der Waals surface area contributed by atoms with Crippen LogP contribution in [0.1, 0.15) is 26.7 Å². The van der Waals surface area contributed by atoms with Crippen molar-refractivity contribution in [2.45, 2.75) is 38.3 Å². The van der Waals surface area contributed by atoms with Crippen LogP contribution in [0.25, 0.3) is 0 Å². The minimum absolute atomic E-state index is 0.370. The second-order valence-corrected chi connectivity index (χ2v) is 5.43.